The number of piperidine rings is 1. The van der Waals surface area contributed by atoms with Gasteiger partial charge in [-0.05, 0) is 48.6 Å². The molecule has 4 N–H and O–H groups in total. The van der Waals surface area contributed by atoms with Gasteiger partial charge in [-0.3, -0.25) is 15.3 Å². The van der Waals surface area contributed by atoms with Crippen LogP contribution >= 0.6 is 0 Å². The molecule has 31 heavy (non-hydrogen) atoms. The number of aryl methyl sites for hydroxylation is 1. The lowest BCUT2D eigenvalue weighted by Gasteiger charge is -2.39. The third-order valence-corrected chi connectivity index (χ3v) is 8.27. The van der Waals surface area contributed by atoms with Crippen LogP contribution in [0.2, 0.25) is 0 Å². The highest BCUT2D eigenvalue weighted by Crippen LogP contribution is 2.36. The zero-order valence-corrected chi connectivity index (χ0v) is 17.9. The lowest BCUT2D eigenvalue weighted by atomic mass is 9.79. The van der Waals surface area contributed by atoms with Crippen molar-refractivity contribution in [2.24, 2.45) is 5.41 Å². The number of sulfone groups is 1. The SMILES string of the molecule is Cc1cc(F)ccc1C1=CCNC(S(=O)(=O)CC2(C(=O)NO)CCN(C(=O)O)CC2)C1. The van der Waals surface area contributed by atoms with Crippen molar-refractivity contribution in [2.75, 3.05) is 25.4 Å². The van der Waals surface area contributed by atoms with E-state index < -0.39 is 38.4 Å². The topological polar surface area (TPSA) is 136 Å². The fraction of sp³-hybridized carbons (Fsp3) is 0.500. The molecule has 0 aromatic heterocycles. The molecule has 0 saturated carbocycles. The highest BCUT2D eigenvalue weighted by Gasteiger charge is 2.47. The summed E-state index contributed by atoms with van der Waals surface area (Å²) >= 11 is 0. The van der Waals surface area contributed by atoms with Crippen LogP contribution in [0.1, 0.15) is 30.4 Å². The number of hydrogen-bond acceptors (Lipinski definition) is 6. The minimum absolute atomic E-state index is 0.00368. The van der Waals surface area contributed by atoms with Crippen molar-refractivity contribution in [1.29, 1.82) is 0 Å². The average Bonchev–Trinajstić information content (AvgIpc) is 2.73. The molecule has 1 saturated heterocycles. The van der Waals surface area contributed by atoms with Crippen LogP contribution in [0.4, 0.5) is 9.18 Å². The number of amides is 2. The van der Waals surface area contributed by atoms with Gasteiger partial charge in [-0.15, -0.1) is 0 Å². The fourth-order valence-electron chi connectivity index (χ4n) is 4.30. The maximum Gasteiger partial charge on any atom is 0.407 e. The monoisotopic (exact) mass is 455 g/mol. The second-order valence-corrected chi connectivity index (χ2v) is 10.3. The normalized spacial score (nSPS) is 21.3. The van der Waals surface area contributed by atoms with Gasteiger partial charge in [0.05, 0.1) is 11.2 Å². The van der Waals surface area contributed by atoms with E-state index in [1.807, 2.05) is 6.08 Å². The largest absolute Gasteiger partial charge is 0.465 e. The average molecular weight is 456 g/mol. The first-order valence-electron chi connectivity index (χ1n) is 9.91. The van der Waals surface area contributed by atoms with Crippen LogP contribution in [-0.4, -0.2) is 66.4 Å². The van der Waals surface area contributed by atoms with Crippen LogP contribution in [0, 0.1) is 18.2 Å². The van der Waals surface area contributed by atoms with Crippen LogP contribution in [-0.2, 0) is 14.6 Å². The maximum absolute atomic E-state index is 13.4. The predicted octanol–water partition coefficient (Wildman–Crippen LogP) is 1.52. The Morgan fingerprint density at radius 2 is 2.00 bits per heavy atom. The van der Waals surface area contributed by atoms with E-state index in [4.69, 9.17) is 5.11 Å². The molecule has 3 rings (SSSR count). The summed E-state index contributed by atoms with van der Waals surface area (Å²) in [5, 5.41) is 20.3. The molecule has 0 spiro atoms. The smallest absolute Gasteiger partial charge is 0.407 e. The lowest BCUT2D eigenvalue weighted by molar-refractivity contribution is -0.141. The van der Waals surface area contributed by atoms with E-state index >= 15 is 0 Å². The van der Waals surface area contributed by atoms with Gasteiger partial charge in [-0.1, -0.05) is 12.1 Å². The molecule has 2 aliphatic heterocycles. The number of benzene rings is 1. The standard InChI is InChI=1S/C20H26FN3O6S/c1-13-10-15(21)2-3-16(13)14-4-7-22-17(11-14)31(29,30)12-20(18(25)23-28)5-8-24(9-6-20)19(26)27/h2-4,10,17,22,28H,5-9,11-12H2,1H3,(H,23,25)(H,26,27). The van der Waals surface area contributed by atoms with Gasteiger partial charge in [0.1, 0.15) is 11.2 Å². The summed E-state index contributed by atoms with van der Waals surface area (Å²) in [5.41, 5.74) is 2.36. The Balaban J connectivity index is 1.81. The molecule has 2 amide bonds. The van der Waals surface area contributed by atoms with Crippen LogP contribution in [0.3, 0.4) is 0 Å². The molecule has 1 aromatic rings. The Morgan fingerprint density at radius 3 is 2.58 bits per heavy atom. The third-order valence-electron chi connectivity index (χ3n) is 6.12. The van der Waals surface area contributed by atoms with Gasteiger partial charge in [0, 0.05) is 26.1 Å². The van der Waals surface area contributed by atoms with Crippen molar-refractivity contribution in [3.05, 3.63) is 41.2 Å². The van der Waals surface area contributed by atoms with Gasteiger partial charge < -0.3 is 10.0 Å². The molecule has 1 atom stereocenters. The zero-order chi connectivity index (χ0) is 22.8. The summed E-state index contributed by atoms with van der Waals surface area (Å²) in [4.78, 5) is 24.7. The minimum Gasteiger partial charge on any atom is -0.465 e. The summed E-state index contributed by atoms with van der Waals surface area (Å²) in [6.07, 6.45) is 0.828. The molecule has 1 fully saturated rings. The predicted molar refractivity (Wildman–Crippen MR) is 111 cm³/mol. The number of carbonyl (C=O) groups is 2. The fourth-order valence-corrected chi connectivity index (χ4v) is 6.47. The van der Waals surface area contributed by atoms with Gasteiger partial charge >= 0.3 is 6.09 Å². The molecule has 2 heterocycles. The summed E-state index contributed by atoms with van der Waals surface area (Å²) in [7, 11) is -3.86. The first-order chi connectivity index (χ1) is 14.6. The van der Waals surface area contributed by atoms with Crippen LogP contribution < -0.4 is 10.8 Å². The van der Waals surface area contributed by atoms with Crippen LogP contribution in [0.15, 0.2) is 24.3 Å². The summed E-state index contributed by atoms with van der Waals surface area (Å²) < 4.78 is 40.0. The Labute approximate surface area is 179 Å². The van der Waals surface area contributed by atoms with Crippen molar-refractivity contribution < 1.29 is 32.7 Å². The van der Waals surface area contributed by atoms with E-state index in [1.165, 1.54) is 12.1 Å². The number of hydrogen-bond donors (Lipinski definition) is 4. The summed E-state index contributed by atoms with van der Waals surface area (Å²) in [6.45, 7) is 2.04. The molecule has 11 heteroatoms. The van der Waals surface area contributed by atoms with Crippen LogP contribution in [0.25, 0.3) is 5.57 Å². The van der Waals surface area contributed by atoms with Gasteiger partial charge in [0.2, 0.25) is 0 Å². The second kappa shape index (κ2) is 8.93. The van der Waals surface area contributed by atoms with Crippen molar-refractivity contribution >= 4 is 27.4 Å². The van der Waals surface area contributed by atoms with Gasteiger partial charge in [-0.2, -0.15) is 0 Å². The van der Waals surface area contributed by atoms with E-state index in [0.717, 1.165) is 16.0 Å². The first kappa shape index (κ1) is 23.2. The molecular formula is C20H26FN3O6S. The van der Waals surface area contributed by atoms with Crippen molar-refractivity contribution in [3.63, 3.8) is 0 Å². The number of hydroxylamine groups is 1. The summed E-state index contributed by atoms with van der Waals surface area (Å²) in [6, 6.07) is 4.33. The Bertz CT molecular complexity index is 1000. The molecule has 0 aliphatic carbocycles. The molecule has 0 radical (unpaired) electrons. The van der Waals surface area contributed by atoms with Crippen LogP contribution in [0.5, 0.6) is 0 Å². The molecule has 1 unspecified atom stereocenters. The summed E-state index contributed by atoms with van der Waals surface area (Å²) in [5.74, 6) is -1.72. The first-order valence-corrected chi connectivity index (χ1v) is 11.6. The number of rotatable bonds is 5. The molecule has 0 bridgehead atoms. The number of carboxylic acid groups (broad SMARTS) is 1. The number of carbonyl (C=O) groups excluding carboxylic acids is 1. The molecular weight excluding hydrogens is 429 g/mol. The number of nitrogens with zero attached hydrogens (tertiary/aromatic N) is 1. The highest BCUT2D eigenvalue weighted by atomic mass is 32.2. The maximum atomic E-state index is 13.4. The van der Waals surface area contributed by atoms with Gasteiger partial charge in [0.25, 0.3) is 5.91 Å². The van der Waals surface area contributed by atoms with Gasteiger partial charge in [-0.25, -0.2) is 23.1 Å². The lowest BCUT2D eigenvalue weighted by Crippen LogP contribution is -2.54. The van der Waals surface area contributed by atoms with E-state index in [9.17, 15) is 27.6 Å². The quantitative estimate of drug-likeness (QED) is 0.390. The van der Waals surface area contributed by atoms with E-state index in [-0.39, 0.29) is 38.2 Å². The molecule has 1 aromatic carbocycles. The number of nitrogens with one attached hydrogen (secondary N) is 2. The molecule has 170 valence electrons. The Hall–Kier alpha value is -2.50. The highest BCUT2D eigenvalue weighted by molar-refractivity contribution is 7.92. The van der Waals surface area contributed by atoms with E-state index in [0.29, 0.717) is 12.1 Å². The molecule has 9 nitrogen and oxygen atoms in total. The third kappa shape index (κ3) is 4.89. The Morgan fingerprint density at radius 1 is 1.32 bits per heavy atom. The Kier molecular flexibility index (Phi) is 6.68. The van der Waals surface area contributed by atoms with Gasteiger partial charge in [0.15, 0.2) is 9.84 Å². The number of likely N-dealkylation sites (tertiary alicyclic amines) is 1. The second-order valence-electron chi connectivity index (χ2n) is 8.09. The molecule has 2 aliphatic rings. The number of halogens is 1. The minimum atomic E-state index is -3.86. The van der Waals surface area contributed by atoms with E-state index in [1.54, 1.807) is 18.5 Å². The van der Waals surface area contributed by atoms with Crippen molar-refractivity contribution in [2.45, 2.75) is 31.6 Å². The van der Waals surface area contributed by atoms with E-state index in [2.05, 4.69) is 5.32 Å². The zero-order valence-electron chi connectivity index (χ0n) is 17.1. The van der Waals surface area contributed by atoms with Crippen molar-refractivity contribution in [1.82, 2.24) is 15.7 Å². The van der Waals surface area contributed by atoms with Crippen molar-refractivity contribution in [3.8, 4) is 0 Å².